The van der Waals surface area contributed by atoms with Gasteiger partial charge in [-0.1, -0.05) is 6.42 Å². The number of amides is 1. The van der Waals surface area contributed by atoms with Crippen LogP contribution < -0.4 is 22.2 Å². The van der Waals surface area contributed by atoms with Gasteiger partial charge in [-0.2, -0.15) is 5.10 Å². The molecule has 2 fully saturated rings. The molecule has 25 heavy (non-hydrogen) atoms. The number of hydrogen-bond acceptors (Lipinski definition) is 6. The summed E-state index contributed by atoms with van der Waals surface area (Å²) in [4.78, 5) is 22.6. The van der Waals surface area contributed by atoms with Crippen molar-refractivity contribution in [3.8, 4) is 0 Å². The fourth-order valence-electron chi connectivity index (χ4n) is 3.99. The first-order valence-corrected chi connectivity index (χ1v) is 9.15. The third kappa shape index (κ3) is 5.88. The standard InChI is InChI=1S/C17H31N5O3/c1-11(21-10-23)9-25-17(24)15-7-14-6-12(3-5-16(18)22-19)2-4-13(14)8-20-15/h10-15,20H,2-9,19H2,1H3,(H2,18,22)(H,21,23). The van der Waals surface area contributed by atoms with Crippen molar-refractivity contribution in [1.29, 1.82) is 0 Å². The number of piperidine rings is 1. The fraction of sp³-hybridized carbons (Fsp3) is 0.824. The van der Waals surface area contributed by atoms with Crippen molar-refractivity contribution in [2.24, 2.45) is 34.4 Å². The van der Waals surface area contributed by atoms with Crippen LogP contribution in [0.1, 0.15) is 45.4 Å². The lowest BCUT2D eigenvalue weighted by atomic mass is 9.69. The monoisotopic (exact) mass is 353 g/mol. The van der Waals surface area contributed by atoms with Gasteiger partial charge in [-0.25, -0.2) is 0 Å². The Bertz CT molecular complexity index is 485. The number of fused-ring (bicyclic) bond motifs is 1. The number of hydrogen-bond donors (Lipinski definition) is 4. The van der Waals surface area contributed by atoms with E-state index in [0.29, 0.717) is 30.0 Å². The van der Waals surface area contributed by atoms with Crippen LogP contribution in [-0.2, 0) is 14.3 Å². The second kappa shape index (κ2) is 9.60. The van der Waals surface area contributed by atoms with Crippen LogP contribution in [0.25, 0.3) is 0 Å². The van der Waals surface area contributed by atoms with E-state index < -0.39 is 0 Å². The molecule has 1 amide bonds. The molecule has 142 valence electrons. The molecule has 0 aromatic carbocycles. The Hall–Kier alpha value is -1.83. The van der Waals surface area contributed by atoms with E-state index in [1.165, 1.54) is 12.8 Å². The smallest absolute Gasteiger partial charge is 0.323 e. The van der Waals surface area contributed by atoms with Crippen molar-refractivity contribution >= 4 is 18.2 Å². The van der Waals surface area contributed by atoms with Gasteiger partial charge in [-0.3, -0.25) is 9.59 Å². The van der Waals surface area contributed by atoms with Crippen LogP contribution in [-0.4, -0.2) is 43.5 Å². The molecule has 2 rings (SSSR count). The number of rotatable bonds is 8. The molecule has 0 radical (unpaired) electrons. The topological polar surface area (TPSA) is 132 Å². The predicted molar refractivity (Wildman–Crippen MR) is 95.4 cm³/mol. The highest BCUT2D eigenvalue weighted by Gasteiger charge is 2.38. The van der Waals surface area contributed by atoms with E-state index >= 15 is 0 Å². The van der Waals surface area contributed by atoms with Crippen LogP contribution in [0.3, 0.4) is 0 Å². The van der Waals surface area contributed by atoms with E-state index in [1.54, 1.807) is 6.92 Å². The lowest BCUT2D eigenvalue weighted by Gasteiger charge is -2.42. The Balaban J connectivity index is 1.78. The normalized spacial score (nSPS) is 30.8. The summed E-state index contributed by atoms with van der Waals surface area (Å²) in [6.07, 6.45) is 6.69. The van der Waals surface area contributed by atoms with E-state index in [9.17, 15) is 9.59 Å². The molecule has 1 aliphatic heterocycles. The number of amidine groups is 1. The SMILES string of the molecule is CC(COC(=O)C1CC2CC(CC/C(N)=N/N)CCC2CN1)NC=O. The number of nitrogens with zero attached hydrogens (tertiary/aromatic N) is 1. The maximum absolute atomic E-state index is 12.3. The highest BCUT2D eigenvalue weighted by Crippen LogP contribution is 2.40. The second-order valence-corrected chi connectivity index (χ2v) is 7.37. The molecule has 1 saturated carbocycles. The largest absolute Gasteiger partial charge is 0.462 e. The van der Waals surface area contributed by atoms with Crippen LogP contribution in [0.4, 0.5) is 0 Å². The van der Waals surface area contributed by atoms with Crippen LogP contribution in [0.2, 0.25) is 0 Å². The Labute approximate surface area is 149 Å². The maximum atomic E-state index is 12.3. The van der Waals surface area contributed by atoms with Gasteiger partial charge in [0.2, 0.25) is 6.41 Å². The molecule has 8 nitrogen and oxygen atoms in total. The van der Waals surface area contributed by atoms with Crippen molar-refractivity contribution in [3.05, 3.63) is 0 Å². The number of hydrazone groups is 1. The molecule has 0 bridgehead atoms. The minimum Gasteiger partial charge on any atom is -0.462 e. The van der Waals surface area contributed by atoms with Gasteiger partial charge in [0.05, 0.1) is 6.04 Å². The van der Waals surface area contributed by atoms with Gasteiger partial charge < -0.3 is 26.9 Å². The van der Waals surface area contributed by atoms with Crippen molar-refractivity contribution in [1.82, 2.24) is 10.6 Å². The van der Waals surface area contributed by atoms with Gasteiger partial charge in [-0.15, -0.1) is 0 Å². The molecule has 5 atom stereocenters. The highest BCUT2D eigenvalue weighted by molar-refractivity contribution is 5.79. The predicted octanol–water partition coefficient (Wildman–Crippen LogP) is 0.0696. The van der Waals surface area contributed by atoms with Gasteiger partial charge in [0.1, 0.15) is 18.5 Å². The summed E-state index contributed by atoms with van der Waals surface area (Å²) < 4.78 is 5.33. The zero-order valence-electron chi connectivity index (χ0n) is 14.9. The van der Waals surface area contributed by atoms with Crippen LogP contribution in [0, 0.1) is 17.8 Å². The average molecular weight is 353 g/mol. The zero-order valence-corrected chi connectivity index (χ0v) is 14.9. The molecule has 6 N–H and O–H groups in total. The minimum absolute atomic E-state index is 0.175. The zero-order chi connectivity index (χ0) is 18.2. The lowest BCUT2D eigenvalue weighted by molar-refractivity contribution is -0.148. The summed E-state index contributed by atoms with van der Waals surface area (Å²) in [6.45, 7) is 2.87. The third-order valence-corrected chi connectivity index (χ3v) is 5.50. The molecule has 5 unspecified atom stereocenters. The van der Waals surface area contributed by atoms with Gasteiger partial charge in [0.15, 0.2) is 0 Å². The van der Waals surface area contributed by atoms with Gasteiger partial charge >= 0.3 is 5.97 Å². The lowest BCUT2D eigenvalue weighted by Crippen LogP contribution is -2.50. The molecule has 1 aliphatic carbocycles. The Morgan fingerprint density at radius 1 is 1.40 bits per heavy atom. The van der Waals surface area contributed by atoms with Gasteiger partial charge in [0, 0.05) is 6.42 Å². The second-order valence-electron chi connectivity index (χ2n) is 7.37. The molecular formula is C17H31N5O3. The quantitative estimate of drug-likeness (QED) is 0.122. The average Bonchev–Trinajstić information content (AvgIpc) is 2.63. The van der Waals surface area contributed by atoms with E-state index in [0.717, 1.165) is 32.2 Å². The van der Waals surface area contributed by atoms with Gasteiger partial charge in [0.25, 0.3) is 0 Å². The first-order chi connectivity index (χ1) is 12.0. The minimum atomic E-state index is -0.251. The number of carbonyl (C=O) groups excluding carboxylic acids is 2. The van der Waals surface area contributed by atoms with E-state index in [4.69, 9.17) is 16.3 Å². The van der Waals surface area contributed by atoms with Crippen molar-refractivity contribution in [2.75, 3.05) is 13.2 Å². The molecule has 0 aromatic heterocycles. The van der Waals surface area contributed by atoms with E-state index in [2.05, 4.69) is 15.7 Å². The van der Waals surface area contributed by atoms with Crippen LogP contribution in [0.15, 0.2) is 5.10 Å². The summed E-state index contributed by atoms with van der Waals surface area (Å²) in [5.74, 6) is 7.27. The molecule has 8 heteroatoms. The molecular weight excluding hydrogens is 322 g/mol. The Kier molecular flexibility index (Phi) is 7.49. The first-order valence-electron chi connectivity index (χ1n) is 9.15. The summed E-state index contributed by atoms with van der Waals surface area (Å²) in [6, 6.07) is -0.425. The van der Waals surface area contributed by atoms with Crippen molar-refractivity contribution in [3.63, 3.8) is 0 Å². The number of nitrogens with one attached hydrogen (secondary N) is 2. The number of ether oxygens (including phenoxy) is 1. The summed E-state index contributed by atoms with van der Waals surface area (Å²) >= 11 is 0. The Morgan fingerprint density at radius 2 is 2.20 bits per heavy atom. The van der Waals surface area contributed by atoms with Crippen molar-refractivity contribution < 1.29 is 14.3 Å². The highest BCUT2D eigenvalue weighted by atomic mass is 16.5. The molecule has 0 spiro atoms. The summed E-state index contributed by atoms with van der Waals surface area (Å²) in [7, 11) is 0. The van der Waals surface area contributed by atoms with Gasteiger partial charge in [-0.05, 0) is 56.9 Å². The molecule has 2 aliphatic rings. The first kappa shape index (κ1) is 19.5. The van der Waals surface area contributed by atoms with Crippen LogP contribution in [0.5, 0.6) is 0 Å². The fourth-order valence-corrected chi connectivity index (χ4v) is 3.99. The molecule has 0 aromatic rings. The number of nitrogens with two attached hydrogens (primary N) is 2. The summed E-state index contributed by atoms with van der Waals surface area (Å²) in [5, 5.41) is 9.44. The number of esters is 1. The van der Waals surface area contributed by atoms with E-state index in [1.807, 2.05) is 0 Å². The molecule has 1 heterocycles. The third-order valence-electron chi connectivity index (χ3n) is 5.50. The Morgan fingerprint density at radius 3 is 2.92 bits per heavy atom. The van der Waals surface area contributed by atoms with Crippen molar-refractivity contribution in [2.45, 2.75) is 57.5 Å². The van der Waals surface area contributed by atoms with E-state index in [-0.39, 0.29) is 24.7 Å². The summed E-state index contributed by atoms with van der Waals surface area (Å²) in [5.41, 5.74) is 5.69. The number of carbonyl (C=O) groups is 2. The molecule has 1 saturated heterocycles. The van der Waals surface area contributed by atoms with Crippen LogP contribution >= 0.6 is 0 Å². The maximum Gasteiger partial charge on any atom is 0.323 e.